The largest absolute Gasteiger partial charge is 0.505 e. The van der Waals surface area contributed by atoms with Crippen LogP contribution in [0.15, 0.2) is 57.6 Å². The molecule has 4 aromatic rings. The number of hydrogen-bond donors (Lipinski definition) is 4. The molecule has 0 saturated heterocycles. The molecule has 18 heteroatoms. The average molecular weight is 678 g/mol. The van der Waals surface area contributed by atoms with Gasteiger partial charge in [0.2, 0.25) is 11.9 Å². The van der Waals surface area contributed by atoms with Gasteiger partial charge in [0.1, 0.15) is 16.6 Å². The lowest BCUT2D eigenvalue weighted by Crippen LogP contribution is -2.36. The Bertz CT molecular complexity index is 1960. The first kappa shape index (κ1) is 34.8. The number of carboxylic acids is 1. The van der Waals surface area contributed by atoms with Crippen LogP contribution in [0.2, 0.25) is 0 Å². The first-order chi connectivity index (χ1) is 22.1. The predicted octanol–water partition coefficient (Wildman–Crippen LogP) is 6.47. The van der Waals surface area contributed by atoms with E-state index >= 15 is 0 Å². The summed E-state index contributed by atoms with van der Waals surface area (Å²) < 4.78 is 76.2. The van der Waals surface area contributed by atoms with Gasteiger partial charge in [-0.3, -0.25) is 4.18 Å². The van der Waals surface area contributed by atoms with Gasteiger partial charge in [-0.05, 0) is 48.7 Å². The second kappa shape index (κ2) is 13.7. The van der Waals surface area contributed by atoms with Crippen molar-refractivity contribution in [3.05, 3.63) is 53.6 Å². The van der Waals surface area contributed by atoms with Crippen LogP contribution in [0.25, 0.3) is 10.8 Å². The van der Waals surface area contributed by atoms with Crippen LogP contribution in [0.3, 0.4) is 0 Å². The summed E-state index contributed by atoms with van der Waals surface area (Å²) in [4.78, 5) is 24.0. The lowest BCUT2D eigenvalue weighted by atomic mass is 10.00. The van der Waals surface area contributed by atoms with E-state index in [-0.39, 0.29) is 56.4 Å². The van der Waals surface area contributed by atoms with Crippen molar-refractivity contribution in [1.82, 2.24) is 15.0 Å². The normalized spacial score (nSPS) is 13.4. The van der Waals surface area contributed by atoms with E-state index in [1.807, 2.05) is 6.92 Å². The second-order valence-corrected chi connectivity index (χ2v) is 11.9. The number of aromatic hydroxyl groups is 1. The van der Waals surface area contributed by atoms with Crippen LogP contribution in [-0.2, 0) is 25.3 Å². The number of azo groups is 1. The smallest absolute Gasteiger partial charge is 0.418 e. The molecule has 2 unspecified atom stereocenters. The number of methoxy groups -OCH3 is 1. The lowest BCUT2D eigenvalue weighted by Gasteiger charge is -2.20. The number of fused-ring (bicyclic) bond motifs is 1. The molecule has 0 saturated carbocycles. The lowest BCUT2D eigenvalue weighted by molar-refractivity contribution is -0.139. The topological polar surface area (TPSA) is 198 Å². The Morgan fingerprint density at radius 1 is 1.06 bits per heavy atom. The highest BCUT2D eigenvalue weighted by atomic mass is 32.2. The summed E-state index contributed by atoms with van der Waals surface area (Å²) in [7, 11) is -2.11. The van der Waals surface area contributed by atoms with Crippen molar-refractivity contribution in [1.29, 1.82) is 0 Å². The van der Waals surface area contributed by atoms with Crippen LogP contribution in [0.1, 0.15) is 31.4 Å². The van der Waals surface area contributed by atoms with E-state index in [2.05, 4.69) is 35.8 Å². The molecular formula is C29H30F3N7O7S. The summed E-state index contributed by atoms with van der Waals surface area (Å²) in [6.07, 6.45) is -4.20. The molecule has 47 heavy (non-hydrogen) atoms. The van der Waals surface area contributed by atoms with Gasteiger partial charge in [-0.1, -0.05) is 32.4 Å². The number of phenols is 1. The number of carboxylic acid groups (broad SMARTS) is 1. The highest BCUT2D eigenvalue weighted by Gasteiger charge is 2.33. The van der Waals surface area contributed by atoms with E-state index in [0.717, 1.165) is 19.2 Å². The molecule has 0 aliphatic carbocycles. The maximum absolute atomic E-state index is 13.6. The fraction of sp³-hybridized carbons (Fsp3) is 0.310. The molecule has 3 aromatic carbocycles. The van der Waals surface area contributed by atoms with E-state index in [1.165, 1.54) is 44.4 Å². The fourth-order valence-electron chi connectivity index (χ4n) is 4.54. The zero-order valence-electron chi connectivity index (χ0n) is 25.6. The van der Waals surface area contributed by atoms with Crippen molar-refractivity contribution in [3.8, 4) is 11.8 Å². The van der Waals surface area contributed by atoms with Crippen molar-refractivity contribution in [2.75, 3.05) is 24.9 Å². The third kappa shape index (κ3) is 7.49. The first-order valence-electron chi connectivity index (χ1n) is 13.9. The van der Waals surface area contributed by atoms with E-state index in [9.17, 15) is 36.6 Å². The summed E-state index contributed by atoms with van der Waals surface area (Å²) in [5.41, 5.74) is -1.62. The number of alkyl halides is 3. The number of anilines is 3. The monoisotopic (exact) mass is 677 g/mol. The Labute approximate surface area is 266 Å². The van der Waals surface area contributed by atoms with Gasteiger partial charge in [0.05, 0.1) is 36.5 Å². The summed E-state index contributed by atoms with van der Waals surface area (Å²) >= 11 is 0. The number of ether oxygens (including phenoxy) is 1. The predicted molar refractivity (Wildman–Crippen MR) is 164 cm³/mol. The van der Waals surface area contributed by atoms with E-state index in [0.29, 0.717) is 6.42 Å². The summed E-state index contributed by atoms with van der Waals surface area (Å²) in [5.74, 6) is -2.45. The Morgan fingerprint density at radius 2 is 1.74 bits per heavy atom. The zero-order chi connectivity index (χ0) is 34.7. The number of halogens is 3. The Hall–Kier alpha value is -5.10. The molecule has 14 nitrogen and oxygen atoms in total. The van der Waals surface area contributed by atoms with E-state index < -0.39 is 45.3 Å². The van der Waals surface area contributed by atoms with Gasteiger partial charge in [-0.15, -0.1) is 10.2 Å². The number of hydrogen-bond acceptors (Lipinski definition) is 13. The molecule has 0 aliphatic heterocycles. The van der Waals surface area contributed by atoms with Crippen LogP contribution >= 0.6 is 0 Å². The number of aryl methyl sites for hydroxylation is 1. The number of rotatable bonds is 12. The minimum absolute atomic E-state index is 0.0237. The number of nitrogens with one attached hydrogen (secondary N) is 2. The third-order valence-electron chi connectivity index (χ3n) is 7.16. The van der Waals surface area contributed by atoms with Gasteiger partial charge < -0.3 is 25.6 Å². The molecule has 0 radical (unpaired) electrons. The highest BCUT2D eigenvalue weighted by molar-refractivity contribution is 7.87. The van der Waals surface area contributed by atoms with Crippen molar-refractivity contribution in [2.24, 2.45) is 16.1 Å². The van der Waals surface area contributed by atoms with Crippen LogP contribution in [-0.4, -0.2) is 59.8 Å². The maximum Gasteiger partial charge on any atom is 0.418 e. The Kier molecular flexibility index (Phi) is 10.1. The number of aromatic nitrogens is 3. The Balaban J connectivity index is 1.90. The van der Waals surface area contributed by atoms with Gasteiger partial charge in [0, 0.05) is 5.39 Å². The Morgan fingerprint density at radius 3 is 2.36 bits per heavy atom. The van der Waals surface area contributed by atoms with Gasteiger partial charge in [-0.25, -0.2) is 4.79 Å². The third-order valence-corrected chi connectivity index (χ3v) is 8.50. The summed E-state index contributed by atoms with van der Waals surface area (Å²) in [6.45, 7) is 5.00. The second-order valence-electron chi connectivity index (χ2n) is 10.2. The minimum Gasteiger partial charge on any atom is -0.505 e. The molecule has 250 valence electrons. The molecule has 0 amide bonds. The molecule has 0 bridgehead atoms. The molecule has 1 aromatic heterocycles. The molecule has 2 atom stereocenters. The number of aliphatic carboxylic acids is 1. The molecule has 4 N–H and O–H groups in total. The van der Waals surface area contributed by atoms with Crippen LogP contribution < -0.4 is 15.4 Å². The highest BCUT2D eigenvalue weighted by Crippen LogP contribution is 2.45. The number of phenolic OH excluding ortho intramolecular Hbond substituents is 1. The van der Waals surface area contributed by atoms with E-state index in [4.69, 9.17) is 8.92 Å². The van der Waals surface area contributed by atoms with Crippen LogP contribution in [0.5, 0.6) is 11.8 Å². The summed E-state index contributed by atoms with van der Waals surface area (Å²) in [5, 5.41) is 34.2. The first-order valence-corrected chi connectivity index (χ1v) is 15.3. The number of benzene rings is 3. The molecule has 0 aliphatic rings. The number of nitrogens with zero attached hydrogens (tertiary/aromatic N) is 5. The van der Waals surface area contributed by atoms with Crippen LogP contribution in [0.4, 0.5) is 42.1 Å². The van der Waals surface area contributed by atoms with Crippen molar-refractivity contribution in [3.63, 3.8) is 0 Å². The van der Waals surface area contributed by atoms with Crippen LogP contribution in [0, 0.1) is 12.8 Å². The average Bonchev–Trinajstić information content (AvgIpc) is 3.02. The van der Waals surface area contributed by atoms with E-state index in [1.54, 1.807) is 6.92 Å². The van der Waals surface area contributed by atoms with Gasteiger partial charge >= 0.3 is 18.2 Å². The maximum atomic E-state index is 13.6. The van der Waals surface area contributed by atoms with Gasteiger partial charge in [0.15, 0.2) is 5.75 Å². The zero-order valence-corrected chi connectivity index (χ0v) is 26.4. The molecule has 1 heterocycles. The minimum atomic E-state index is -4.73. The van der Waals surface area contributed by atoms with Gasteiger partial charge in [-0.2, -0.15) is 36.5 Å². The standard InChI is InChI=1S/C29H30F3N7O7S/c1-6-14(2)23(25(41)42)34-27-35-26(36-28(37-27)45-4)33-19-11-12-20(47(43,44)46-5)16-13-15(3)22(24(40)21(16)19)39-38-18-10-8-7-9-17(18)29(30,31)32/h7-14,23,40H,6H2,1-5H3,(H,41,42)(H2,33,34,35,36,37). The SMILES string of the molecule is CCC(C)C(Nc1nc(Nc2ccc(S(=O)(=O)OC)c3cc(C)c(N=Nc4ccccc4C(F)(F)F)c(O)c23)nc(OC)n1)C(=O)O. The van der Waals surface area contributed by atoms with Crippen molar-refractivity contribution >= 4 is 55.8 Å². The quantitative estimate of drug-likeness (QED) is 0.0943. The van der Waals surface area contributed by atoms with Crippen molar-refractivity contribution in [2.45, 2.75) is 44.3 Å². The molecule has 4 rings (SSSR count). The summed E-state index contributed by atoms with van der Waals surface area (Å²) in [6, 6.07) is 7.01. The molecule has 0 spiro atoms. The van der Waals surface area contributed by atoms with Crippen molar-refractivity contribution < 1.29 is 45.5 Å². The fourth-order valence-corrected chi connectivity index (χ4v) is 5.39. The van der Waals surface area contributed by atoms with Gasteiger partial charge in [0.25, 0.3) is 10.1 Å². The molecule has 0 fully saturated rings. The molecular weight excluding hydrogens is 647 g/mol. The number of carbonyl (C=O) groups is 1.